The highest BCUT2D eigenvalue weighted by Gasteiger charge is 2.39. The fourth-order valence-corrected chi connectivity index (χ4v) is 3.75. The van der Waals surface area contributed by atoms with E-state index in [-0.39, 0.29) is 6.42 Å². The predicted molar refractivity (Wildman–Crippen MR) is 106 cm³/mol. The zero-order valence-corrected chi connectivity index (χ0v) is 17.4. The predicted octanol–water partition coefficient (Wildman–Crippen LogP) is 5.10. The average molecular weight is 424 g/mol. The number of nitrogens with one attached hydrogen (secondary N) is 1. The van der Waals surface area contributed by atoms with Crippen LogP contribution in [-0.2, 0) is 16.5 Å². The Morgan fingerprint density at radius 3 is 2.17 bits per heavy atom. The van der Waals surface area contributed by atoms with E-state index in [9.17, 15) is 22.6 Å². The van der Waals surface area contributed by atoms with Crippen LogP contribution in [0.5, 0.6) is 5.75 Å². The summed E-state index contributed by atoms with van der Waals surface area (Å²) in [6.07, 6.45) is -4.99. The minimum Gasteiger partial charge on any atom is -0.406 e. The Labute approximate surface area is 171 Å². The second-order valence-corrected chi connectivity index (χ2v) is 9.63. The molecule has 2 aromatic carbocycles. The lowest BCUT2D eigenvalue weighted by Crippen LogP contribution is -2.48. The van der Waals surface area contributed by atoms with Crippen molar-refractivity contribution in [1.82, 2.24) is 4.72 Å². The van der Waals surface area contributed by atoms with Gasteiger partial charge in [0.15, 0.2) is 0 Å². The average Bonchev–Trinajstić information content (AvgIpc) is 2.59. The van der Waals surface area contributed by atoms with Crippen molar-refractivity contribution < 1.29 is 22.1 Å². The normalized spacial score (nSPS) is 15.2. The van der Waals surface area contributed by atoms with Crippen LogP contribution < -0.4 is 9.46 Å². The lowest BCUT2D eigenvalue weighted by Gasteiger charge is -2.36. The van der Waals surface area contributed by atoms with Gasteiger partial charge in [0.2, 0.25) is 0 Å². The summed E-state index contributed by atoms with van der Waals surface area (Å²) in [5.41, 5.74) is 0.588. The van der Waals surface area contributed by atoms with E-state index in [2.05, 4.69) is 15.5 Å². The highest BCUT2D eigenvalue weighted by Crippen LogP contribution is 2.37. The van der Waals surface area contributed by atoms with E-state index in [4.69, 9.17) is 0 Å². The molecule has 0 amide bonds. The molecule has 0 aromatic heterocycles. The summed E-state index contributed by atoms with van der Waals surface area (Å²) in [6, 6.07) is 14.7. The highest BCUT2D eigenvalue weighted by atomic mass is 32.2. The Kier molecular flexibility index (Phi) is 6.76. The number of hydrogen-bond donors (Lipinski definition) is 1. The van der Waals surface area contributed by atoms with E-state index in [1.807, 2.05) is 19.1 Å². The summed E-state index contributed by atoms with van der Waals surface area (Å²) < 4.78 is 57.6. The quantitative estimate of drug-likeness (QED) is 0.702. The van der Waals surface area contributed by atoms with Gasteiger partial charge in [-0.1, -0.05) is 42.0 Å². The van der Waals surface area contributed by atoms with Crippen LogP contribution in [0.1, 0.15) is 43.9 Å². The number of aryl methyl sites for hydroxylation is 1. The molecule has 1 N–H and O–H groups in total. The second-order valence-electron chi connectivity index (χ2n) is 7.67. The van der Waals surface area contributed by atoms with Crippen molar-refractivity contribution in [3.05, 3.63) is 65.2 Å². The molecule has 0 fully saturated rings. The van der Waals surface area contributed by atoms with Crippen molar-refractivity contribution in [1.29, 1.82) is 5.26 Å². The van der Waals surface area contributed by atoms with Crippen molar-refractivity contribution in [2.45, 2.75) is 50.8 Å². The standard InChI is InChI=1S/C21H23F3N2O2S/c1-15-7-5-8-16(13-15)20(11-12-25,26-29(27)19(2,3)4)17-9-6-10-18(14-17)28-21(22,23)24/h5-10,13-14,26H,11H2,1-4H3. The van der Waals surface area contributed by atoms with Crippen LogP contribution >= 0.6 is 0 Å². The number of alkyl halides is 3. The topological polar surface area (TPSA) is 62.1 Å². The third-order valence-electron chi connectivity index (χ3n) is 4.24. The Morgan fingerprint density at radius 2 is 1.66 bits per heavy atom. The van der Waals surface area contributed by atoms with Gasteiger partial charge in [-0.3, -0.25) is 0 Å². The Hall–Kier alpha value is -2.37. The molecule has 0 bridgehead atoms. The van der Waals surface area contributed by atoms with Gasteiger partial charge in [-0.05, 0) is 51.0 Å². The Morgan fingerprint density at radius 1 is 1.07 bits per heavy atom. The van der Waals surface area contributed by atoms with Gasteiger partial charge in [0.25, 0.3) is 0 Å². The van der Waals surface area contributed by atoms with Crippen LogP contribution in [0, 0.1) is 18.3 Å². The van der Waals surface area contributed by atoms with Crippen LogP contribution in [0.15, 0.2) is 48.5 Å². The molecule has 0 aliphatic heterocycles. The van der Waals surface area contributed by atoms with Gasteiger partial charge >= 0.3 is 6.36 Å². The molecule has 29 heavy (non-hydrogen) atoms. The third-order valence-corrected chi connectivity index (χ3v) is 5.88. The lowest BCUT2D eigenvalue weighted by atomic mass is 9.81. The van der Waals surface area contributed by atoms with Crippen molar-refractivity contribution in [3.63, 3.8) is 0 Å². The largest absolute Gasteiger partial charge is 0.573 e. The minimum absolute atomic E-state index is 0.145. The molecule has 0 radical (unpaired) electrons. The first-order valence-electron chi connectivity index (χ1n) is 8.87. The molecule has 2 rings (SSSR count). The van der Waals surface area contributed by atoms with Gasteiger partial charge < -0.3 is 4.74 Å². The number of nitriles is 1. The van der Waals surface area contributed by atoms with Crippen molar-refractivity contribution in [2.75, 3.05) is 0 Å². The second kappa shape index (κ2) is 8.56. The first-order chi connectivity index (χ1) is 13.4. The number of hydrogen-bond acceptors (Lipinski definition) is 3. The zero-order valence-electron chi connectivity index (χ0n) is 16.6. The molecular weight excluding hydrogens is 401 g/mol. The maximum absolute atomic E-state index is 13.0. The number of ether oxygens (including phenoxy) is 1. The Balaban J connectivity index is 2.70. The highest BCUT2D eigenvalue weighted by molar-refractivity contribution is 7.84. The van der Waals surface area contributed by atoms with Gasteiger partial charge in [-0.2, -0.15) is 5.26 Å². The smallest absolute Gasteiger partial charge is 0.406 e. The molecule has 0 saturated carbocycles. The lowest BCUT2D eigenvalue weighted by molar-refractivity contribution is -0.274. The number of rotatable bonds is 6. The molecule has 4 nitrogen and oxygen atoms in total. The summed E-state index contributed by atoms with van der Waals surface area (Å²) in [5, 5.41) is 9.57. The number of halogens is 3. The molecule has 0 saturated heterocycles. The molecular formula is C21H23F3N2O2S. The van der Waals surface area contributed by atoms with Crippen LogP contribution in [0.2, 0.25) is 0 Å². The van der Waals surface area contributed by atoms with Crippen LogP contribution in [0.4, 0.5) is 13.2 Å². The van der Waals surface area contributed by atoms with Gasteiger partial charge in [0.05, 0.1) is 33.8 Å². The molecule has 0 spiro atoms. The van der Waals surface area contributed by atoms with Crippen molar-refractivity contribution in [2.24, 2.45) is 0 Å². The molecule has 2 unspecified atom stereocenters. The number of nitrogens with zero attached hydrogens (tertiary/aromatic N) is 1. The third kappa shape index (κ3) is 5.81. The molecule has 0 heterocycles. The van der Waals surface area contributed by atoms with Crippen molar-refractivity contribution in [3.8, 4) is 11.8 Å². The van der Waals surface area contributed by atoms with Gasteiger partial charge in [-0.25, -0.2) is 8.93 Å². The minimum atomic E-state index is -4.85. The molecule has 0 aliphatic rings. The maximum Gasteiger partial charge on any atom is 0.573 e. The molecule has 2 atom stereocenters. The van der Waals surface area contributed by atoms with Gasteiger partial charge in [0, 0.05) is 0 Å². The van der Waals surface area contributed by atoms with E-state index < -0.39 is 33.4 Å². The van der Waals surface area contributed by atoms with Gasteiger partial charge in [0.1, 0.15) is 5.75 Å². The van der Waals surface area contributed by atoms with Crippen molar-refractivity contribution >= 4 is 11.0 Å². The monoisotopic (exact) mass is 424 g/mol. The fraction of sp³-hybridized carbons (Fsp3) is 0.381. The molecule has 0 aliphatic carbocycles. The van der Waals surface area contributed by atoms with E-state index in [0.717, 1.165) is 5.56 Å². The number of benzene rings is 2. The summed E-state index contributed by atoms with van der Waals surface area (Å²) >= 11 is 0. The summed E-state index contributed by atoms with van der Waals surface area (Å²) in [4.78, 5) is 0. The van der Waals surface area contributed by atoms with E-state index in [1.165, 1.54) is 18.2 Å². The molecule has 8 heteroatoms. The van der Waals surface area contributed by atoms with Gasteiger partial charge in [-0.15, -0.1) is 13.2 Å². The maximum atomic E-state index is 13.0. The summed E-state index contributed by atoms with van der Waals surface area (Å²) in [6.45, 7) is 7.18. The van der Waals surface area contributed by atoms with Crippen LogP contribution in [0.25, 0.3) is 0 Å². The van der Waals surface area contributed by atoms with E-state index in [1.54, 1.807) is 39.0 Å². The van der Waals surface area contributed by atoms with Crippen LogP contribution in [-0.4, -0.2) is 15.3 Å². The summed E-state index contributed by atoms with van der Waals surface area (Å²) in [5.74, 6) is -0.409. The SMILES string of the molecule is Cc1cccc(C(CC#N)(NS(=O)C(C)(C)C)c2cccc(OC(F)(F)F)c2)c1. The fourth-order valence-electron chi connectivity index (χ4n) is 2.82. The van der Waals surface area contributed by atoms with E-state index in [0.29, 0.717) is 11.1 Å². The first-order valence-corrected chi connectivity index (χ1v) is 10.0. The Bertz CT molecular complexity index is 932. The molecule has 156 valence electrons. The summed E-state index contributed by atoms with van der Waals surface area (Å²) in [7, 11) is -1.61. The van der Waals surface area contributed by atoms with Crippen LogP contribution in [0.3, 0.4) is 0 Å². The van der Waals surface area contributed by atoms with E-state index >= 15 is 0 Å². The zero-order chi connectivity index (χ0) is 21.9. The molecule has 2 aromatic rings. The first kappa shape index (κ1) is 22.9.